The summed E-state index contributed by atoms with van der Waals surface area (Å²) >= 11 is 0. The number of methoxy groups -OCH3 is 3. The quantitative estimate of drug-likeness (QED) is 0.261. The fourth-order valence-corrected chi connectivity index (χ4v) is 5.19. The van der Waals surface area contributed by atoms with Crippen molar-refractivity contribution in [1.82, 2.24) is 0 Å². The SMILES string of the molecule is COc1ccc2c(c1)O[C@@H](c1ccc(OC)cc1OC)[C@H](Cc1ccc(O)cc1)[C@H]2/C=C/c1ccc(O)cc1. The molecule has 0 aliphatic carbocycles. The summed E-state index contributed by atoms with van der Waals surface area (Å²) < 4.78 is 23.5. The van der Waals surface area contributed by atoms with Crippen molar-refractivity contribution in [3.8, 4) is 34.5 Å². The van der Waals surface area contributed by atoms with Gasteiger partial charge in [0.05, 0.1) is 21.3 Å². The smallest absolute Gasteiger partial charge is 0.131 e. The Morgan fingerprint density at radius 1 is 0.718 bits per heavy atom. The maximum Gasteiger partial charge on any atom is 0.131 e. The number of phenols is 2. The number of hydrogen-bond acceptors (Lipinski definition) is 6. The van der Waals surface area contributed by atoms with Crippen LogP contribution in [0.15, 0.2) is 91.0 Å². The molecule has 0 unspecified atom stereocenters. The second kappa shape index (κ2) is 11.4. The van der Waals surface area contributed by atoms with Gasteiger partial charge in [0.2, 0.25) is 0 Å². The van der Waals surface area contributed by atoms with E-state index in [1.54, 1.807) is 45.6 Å². The van der Waals surface area contributed by atoms with Crippen molar-refractivity contribution >= 4 is 6.08 Å². The van der Waals surface area contributed by atoms with E-state index in [-0.39, 0.29) is 29.4 Å². The van der Waals surface area contributed by atoms with Crippen LogP contribution < -0.4 is 18.9 Å². The van der Waals surface area contributed by atoms with Crippen LogP contribution in [-0.2, 0) is 6.42 Å². The zero-order chi connectivity index (χ0) is 27.4. The Bertz CT molecular complexity index is 1440. The number of allylic oxidation sites excluding steroid dienone is 1. The van der Waals surface area contributed by atoms with E-state index < -0.39 is 0 Å². The van der Waals surface area contributed by atoms with E-state index in [4.69, 9.17) is 18.9 Å². The number of ether oxygens (including phenoxy) is 4. The summed E-state index contributed by atoms with van der Waals surface area (Å²) in [6, 6.07) is 26.2. The number of rotatable bonds is 8. The van der Waals surface area contributed by atoms with Crippen molar-refractivity contribution in [2.24, 2.45) is 5.92 Å². The summed E-state index contributed by atoms with van der Waals surface area (Å²) in [6.45, 7) is 0. The summed E-state index contributed by atoms with van der Waals surface area (Å²) in [7, 11) is 4.92. The van der Waals surface area contributed by atoms with Gasteiger partial charge in [-0.25, -0.2) is 0 Å². The lowest BCUT2D eigenvalue weighted by atomic mass is 9.74. The number of hydrogen-bond donors (Lipinski definition) is 2. The first kappa shape index (κ1) is 26.0. The van der Waals surface area contributed by atoms with Crippen molar-refractivity contribution < 1.29 is 29.2 Å². The molecule has 4 aromatic rings. The Morgan fingerprint density at radius 3 is 1.97 bits per heavy atom. The molecule has 5 rings (SSSR count). The van der Waals surface area contributed by atoms with E-state index in [1.165, 1.54) is 0 Å². The van der Waals surface area contributed by atoms with Gasteiger partial charge in [-0.2, -0.15) is 0 Å². The lowest BCUT2D eigenvalue weighted by Crippen LogP contribution is -2.31. The van der Waals surface area contributed by atoms with Crippen LogP contribution in [0.1, 0.15) is 34.3 Å². The summed E-state index contributed by atoms with van der Waals surface area (Å²) in [6.07, 6.45) is 4.62. The minimum absolute atomic E-state index is 0.0221. The van der Waals surface area contributed by atoms with Crippen LogP contribution in [0.3, 0.4) is 0 Å². The topological polar surface area (TPSA) is 77.4 Å². The van der Waals surface area contributed by atoms with Gasteiger partial charge in [0, 0.05) is 35.1 Å². The van der Waals surface area contributed by atoms with Crippen molar-refractivity contribution in [1.29, 1.82) is 0 Å². The van der Waals surface area contributed by atoms with Gasteiger partial charge in [0.1, 0.15) is 40.6 Å². The van der Waals surface area contributed by atoms with Crippen LogP contribution in [0.5, 0.6) is 34.5 Å². The normalized spacial score (nSPS) is 18.3. The molecule has 0 spiro atoms. The van der Waals surface area contributed by atoms with E-state index in [2.05, 4.69) is 18.2 Å². The molecule has 0 radical (unpaired) electrons. The van der Waals surface area contributed by atoms with Crippen LogP contribution in [0, 0.1) is 5.92 Å². The first-order chi connectivity index (χ1) is 19.0. The molecule has 0 amide bonds. The van der Waals surface area contributed by atoms with Crippen LogP contribution >= 0.6 is 0 Å². The first-order valence-electron chi connectivity index (χ1n) is 12.8. The summed E-state index contributed by atoms with van der Waals surface area (Å²) in [5, 5.41) is 19.6. The zero-order valence-electron chi connectivity index (χ0n) is 22.2. The molecule has 4 aromatic carbocycles. The van der Waals surface area contributed by atoms with Crippen molar-refractivity contribution in [2.45, 2.75) is 18.4 Å². The van der Waals surface area contributed by atoms with Gasteiger partial charge in [-0.3, -0.25) is 0 Å². The minimum atomic E-state index is -0.353. The molecule has 1 heterocycles. The highest BCUT2D eigenvalue weighted by atomic mass is 16.5. The molecule has 1 aliphatic rings. The van der Waals surface area contributed by atoms with Gasteiger partial charge >= 0.3 is 0 Å². The minimum Gasteiger partial charge on any atom is -0.508 e. The van der Waals surface area contributed by atoms with Crippen LogP contribution in [-0.4, -0.2) is 31.5 Å². The fraction of sp³-hybridized carbons (Fsp3) is 0.212. The molecule has 0 saturated carbocycles. The fourth-order valence-electron chi connectivity index (χ4n) is 5.19. The van der Waals surface area contributed by atoms with E-state index in [0.29, 0.717) is 23.7 Å². The lowest BCUT2D eigenvalue weighted by molar-refractivity contribution is 0.0992. The van der Waals surface area contributed by atoms with Crippen molar-refractivity contribution in [2.75, 3.05) is 21.3 Å². The molecule has 0 aromatic heterocycles. The van der Waals surface area contributed by atoms with Gasteiger partial charge in [-0.05, 0) is 60.0 Å². The van der Waals surface area contributed by atoms with Crippen LogP contribution in [0.4, 0.5) is 0 Å². The van der Waals surface area contributed by atoms with E-state index >= 15 is 0 Å². The summed E-state index contributed by atoms with van der Waals surface area (Å²) in [5.41, 5.74) is 4.03. The van der Waals surface area contributed by atoms with Gasteiger partial charge in [0.15, 0.2) is 0 Å². The molecular weight excluding hydrogens is 492 g/mol. The van der Waals surface area contributed by atoms with Gasteiger partial charge in [-0.1, -0.05) is 42.5 Å². The second-order valence-corrected chi connectivity index (χ2v) is 9.56. The highest BCUT2D eigenvalue weighted by molar-refractivity contribution is 5.56. The standard InChI is InChI=1S/C33H32O6/c1-36-25-14-17-29(31(19-25)38-3)33-30(18-22-6-11-24(35)12-7-22)27(15-8-21-4-9-23(34)10-5-21)28-16-13-26(37-2)20-32(28)39-33/h4-17,19-20,27,30,33-35H,18H2,1-3H3/b15-8+/t27-,30+,33-/m0/s1. The lowest BCUT2D eigenvalue weighted by Gasteiger charge is -2.39. The number of aromatic hydroxyl groups is 2. The average Bonchev–Trinajstić information content (AvgIpc) is 2.97. The molecule has 0 bridgehead atoms. The highest BCUT2D eigenvalue weighted by Gasteiger charge is 2.39. The Balaban J connectivity index is 1.65. The van der Waals surface area contributed by atoms with Gasteiger partial charge < -0.3 is 29.2 Å². The van der Waals surface area contributed by atoms with E-state index in [1.807, 2.05) is 54.6 Å². The number of fused-ring (bicyclic) bond motifs is 1. The maximum absolute atomic E-state index is 9.88. The molecule has 6 heteroatoms. The summed E-state index contributed by atoms with van der Waals surface area (Å²) in [4.78, 5) is 0. The predicted molar refractivity (Wildman–Crippen MR) is 151 cm³/mol. The predicted octanol–water partition coefficient (Wildman–Crippen LogP) is 6.91. The van der Waals surface area contributed by atoms with E-state index in [0.717, 1.165) is 28.0 Å². The Morgan fingerprint density at radius 2 is 1.33 bits per heavy atom. The third-order valence-corrected chi connectivity index (χ3v) is 7.23. The summed E-state index contributed by atoms with van der Waals surface area (Å²) in [5.74, 6) is 3.26. The largest absolute Gasteiger partial charge is 0.508 e. The third kappa shape index (κ3) is 5.65. The molecular formula is C33H32O6. The highest BCUT2D eigenvalue weighted by Crippen LogP contribution is 2.51. The monoisotopic (exact) mass is 524 g/mol. The number of benzene rings is 4. The number of phenolic OH excluding ortho intramolecular Hbond substituents is 2. The molecule has 200 valence electrons. The molecule has 3 atom stereocenters. The van der Waals surface area contributed by atoms with E-state index in [9.17, 15) is 10.2 Å². The maximum atomic E-state index is 9.88. The zero-order valence-corrected chi connectivity index (χ0v) is 22.2. The van der Waals surface area contributed by atoms with Crippen LogP contribution in [0.25, 0.3) is 6.08 Å². The van der Waals surface area contributed by atoms with Gasteiger partial charge in [0.25, 0.3) is 0 Å². The molecule has 2 N–H and O–H groups in total. The molecule has 0 fully saturated rings. The van der Waals surface area contributed by atoms with Crippen molar-refractivity contribution in [3.63, 3.8) is 0 Å². The molecule has 0 saturated heterocycles. The molecule has 6 nitrogen and oxygen atoms in total. The average molecular weight is 525 g/mol. The Hall–Kier alpha value is -4.58. The van der Waals surface area contributed by atoms with Gasteiger partial charge in [-0.15, -0.1) is 0 Å². The second-order valence-electron chi connectivity index (χ2n) is 9.56. The van der Waals surface area contributed by atoms with Crippen molar-refractivity contribution in [3.05, 3.63) is 113 Å². The molecule has 1 aliphatic heterocycles. The van der Waals surface area contributed by atoms with Crippen LogP contribution in [0.2, 0.25) is 0 Å². The molecule has 39 heavy (non-hydrogen) atoms. The first-order valence-corrected chi connectivity index (χ1v) is 12.8. The Kier molecular flexibility index (Phi) is 7.64. The Labute approximate surface area is 228 Å². The third-order valence-electron chi connectivity index (χ3n) is 7.23.